The summed E-state index contributed by atoms with van der Waals surface area (Å²) in [5.74, 6) is 1.05. The van der Waals surface area contributed by atoms with E-state index in [1.165, 1.54) is 0 Å². The molecule has 3 rings (SSSR count). The lowest BCUT2D eigenvalue weighted by Gasteiger charge is -2.03. The van der Waals surface area contributed by atoms with Crippen molar-refractivity contribution in [2.24, 2.45) is 0 Å². The molecule has 0 fully saturated rings. The number of halogens is 2. The average Bonchev–Trinajstić information content (AvgIpc) is 2.82. The highest BCUT2D eigenvalue weighted by molar-refractivity contribution is 14.1. The van der Waals surface area contributed by atoms with Crippen LogP contribution in [0.2, 0.25) is 5.02 Å². The Hall–Kier alpha value is -1.53. The molecule has 0 saturated carbocycles. The molecule has 0 unspecified atom stereocenters. The van der Waals surface area contributed by atoms with Gasteiger partial charge in [0.05, 0.1) is 5.56 Å². The van der Waals surface area contributed by atoms with Gasteiger partial charge in [0, 0.05) is 14.2 Å². The van der Waals surface area contributed by atoms with Crippen LogP contribution in [0.1, 0.15) is 0 Å². The number of rotatable bonds is 2. The summed E-state index contributed by atoms with van der Waals surface area (Å²) < 4.78 is 6.53. The fourth-order valence-corrected chi connectivity index (χ4v) is 2.69. The molecule has 1 heterocycles. The van der Waals surface area contributed by atoms with Crippen LogP contribution in [-0.2, 0) is 0 Å². The molecule has 0 bridgehead atoms. The summed E-state index contributed by atoms with van der Waals surface area (Å²) in [6.45, 7) is 0. The minimum atomic E-state index is 0.376. The largest absolute Gasteiger partial charge is 0.380 e. The Morgan fingerprint density at radius 3 is 2.50 bits per heavy atom. The van der Waals surface area contributed by atoms with Crippen LogP contribution in [0.3, 0.4) is 0 Å². The van der Waals surface area contributed by atoms with Crippen molar-refractivity contribution in [1.29, 1.82) is 0 Å². The number of hydrogen-bond acceptors (Lipinski definition) is 3. The van der Waals surface area contributed by atoms with E-state index in [9.17, 15) is 0 Å². The van der Waals surface area contributed by atoms with Gasteiger partial charge in [-0.3, -0.25) is 0 Å². The standard InChI is InChI=1S/C15H10ClIN2O/c16-11-6-4-9(5-7-11)13-14(20-19-15(13)18)10-2-1-3-12(17)8-10/h1-8H,(H2,18,19). The SMILES string of the molecule is Nc1noc(-c2cccc(I)c2)c1-c1ccc(Cl)cc1. The van der Waals surface area contributed by atoms with Crippen LogP contribution >= 0.6 is 34.2 Å². The molecule has 0 aliphatic heterocycles. The fraction of sp³-hybridized carbons (Fsp3) is 0. The maximum Gasteiger partial charge on any atom is 0.176 e. The van der Waals surface area contributed by atoms with Crippen LogP contribution in [-0.4, -0.2) is 5.16 Å². The van der Waals surface area contributed by atoms with Crippen LogP contribution in [0, 0.1) is 3.57 Å². The third-order valence-corrected chi connectivity index (χ3v) is 3.86. The van der Waals surface area contributed by atoms with Gasteiger partial charge in [-0.05, 0) is 52.4 Å². The number of hydrogen-bond donors (Lipinski definition) is 1. The van der Waals surface area contributed by atoms with E-state index in [0.717, 1.165) is 20.3 Å². The molecule has 0 radical (unpaired) electrons. The van der Waals surface area contributed by atoms with Crippen LogP contribution in [0.5, 0.6) is 0 Å². The van der Waals surface area contributed by atoms with E-state index in [-0.39, 0.29) is 0 Å². The Labute approximate surface area is 134 Å². The van der Waals surface area contributed by atoms with Crippen molar-refractivity contribution >= 4 is 40.0 Å². The van der Waals surface area contributed by atoms with Gasteiger partial charge in [0.2, 0.25) is 0 Å². The zero-order valence-electron chi connectivity index (χ0n) is 10.3. The molecule has 2 N–H and O–H groups in total. The molecule has 3 nitrogen and oxygen atoms in total. The molecule has 2 aromatic carbocycles. The zero-order valence-corrected chi connectivity index (χ0v) is 13.2. The van der Waals surface area contributed by atoms with Crippen molar-refractivity contribution in [1.82, 2.24) is 5.16 Å². The van der Waals surface area contributed by atoms with Crippen LogP contribution < -0.4 is 5.73 Å². The molecule has 0 aliphatic carbocycles. The maximum atomic E-state index is 5.95. The summed E-state index contributed by atoms with van der Waals surface area (Å²) in [6.07, 6.45) is 0. The van der Waals surface area contributed by atoms with Crippen molar-refractivity contribution in [2.45, 2.75) is 0 Å². The summed E-state index contributed by atoms with van der Waals surface area (Å²) in [4.78, 5) is 0. The highest BCUT2D eigenvalue weighted by Gasteiger charge is 2.17. The fourth-order valence-electron chi connectivity index (χ4n) is 2.02. The van der Waals surface area contributed by atoms with Crippen molar-refractivity contribution in [3.8, 4) is 22.5 Å². The first kappa shape index (κ1) is 13.5. The lowest BCUT2D eigenvalue weighted by Crippen LogP contribution is -1.89. The molecule has 0 spiro atoms. The topological polar surface area (TPSA) is 52.0 Å². The minimum absolute atomic E-state index is 0.376. The summed E-state index contributed by atoms with van der Waals surface area (Å²) >= 11 is 8.18. The van der Waals surface area contributed by atoms with E-state index in [1.807, 2.05) is 48.5 Å². The number of nitrogens with two attached hydrogens (primary N) is 1. The normalized spacial score (nSPS) is 10.7. The second-order valence-corrected chi connectivity index (χ2v) is 5.97. The Bertz CT molecular complexity index is 753. The second-order valence-electron chi connectivity index (χ2n) is 4.29. The summed E-state index contributed by atoms with van der Waals surface area (Å²) in [7, 11) is 0. The van der Waals surface area contributed by atoms with Crippen molar-refractivity contribution in [3.05, 3.63) is 57.1 Å². The number of nitrogens with zero attached hydrogens (tertiary/aromatic N) is 1. The molecular weight excluding hydrogens is 387 g/mol. The van der Waals surface area contributed by atoms with Gasteiger partial charge in [-0.15, -0.1) is 0 Å². The molecule has 100 valence electrons. The lowest BCUT2D eigenvalue weighted by atomic mass is 10.0. The quantitative estimate of drug-likeness (QED) is 0.630. The maximum absolute atomic E-state index is 5.95. The second kappa shape index (κ2) is 5.46. The Balaban J connectivity index is 2.17. The van der Waals surface area contributed by atoms with Gasteiger partial charge in [-0.1, -0.05) is 41.0 Å². The molecular formula is C15H10ClIN2O. The van der Waals surface area contributed by atoms with Crippen LogP contribution in [0.4, 0.5) is 5.82 Å². The van der Waals surface area contributed by atoms with E-state index < -0.39 is 0 Å². The summed E-state index contributed by atoms with van der Waals surface area (Å²) in [6, 6.07) is 15.4. The monoisotopic (exact) mass is 396 g/mol. The van der Waals surface area contributed by atoms with Gasteiger partial charge in [0.15, 0.2) is 11.6 Å². The number of anilines is 1. The number of benzene rings is 2. The van der Waals surface area contributed by atoms with Crippen molar-refractivity contribution < 1.29 is 4.52 Å². The Morgan fingerprint density at radius 2 is 1.80 bits per heavy atom. The first-order valence-electron chi connectivity index (χ1n) is 5.92. The smallest absolute Gasteiger partial charge is 0.176 e. The van der Waals surface area contributed by atoms with Crippen LogP contribution in [0.25, 0.3) is 22.5 Å². The summed E-state index contributed by atoms with van der Waals surface area (Å²) in [5, 5.41) is 4.57. The summed E-state index contributed by atoms with van der Waals surface area (Å²) in [5.41, 5.74) is 8.62. The van der Waals surface area contributed by atoms with Crippen LogP contribution in [0.15, 0.2) is 53.1 Å². The van der Waals surface area contributed by atoms with Gasteiger partial charge >= 0.3 is 0 Å². The Kier molecular flexibility index (Phi) is 3.67. The molecule has 1 aromatic heterocycles. The van der Waals surface area contributed by atoms with Gasteiger partial charge in [0.1, 0.15) is 0 Å². The molecule has 0 amide bonds. The number of aromatic nitrogens is 1. The predicted molar refractivity (Wildman–Crippen MR) is 89.5 cm³/mol. The van der Waals surface area contributed by atoms with E-state index in [0.29, 0.717) is 16.6 Å². The van der Waals surface area contributed by atoms with Gasteiger partial charge in [0.25, 0.3) is 0 Å². The Morgan fingerprint density at radius 1 is 1.05 bits per heavy atom. The predicted octanol–water partition coefficient (Wildman–Crippen LogP) is 4.85. The van der Waals surface area contributed by atoms with E-state index in [4.69, 9.17) is 21.9 Å². The molecule has 0 aliphatic rings. The molecule has 0 atom stereocenters. The van der Waals surface area contributed by atoms with E-state index in [1.54, 1.807) is 0 Å². The van der Waals surface area contributed by atoms with Gasteiger partial charge < -0.3 is 10.3 Å². The third kappa shape index (κ3) is 2.53. The average molecular weight is 397 g/mol. The minimum Gasteiger partial charge on any atom is -0.380 e. The zero-order chi connectivity index (χ0) is 14.1. The molecule has 20 heavy (non-hydrogen) atoms. The molecule has 0 saturated heterocycles. The third-order valence-electron chi connectivity index (χ3n) is 2.94. The number of nitrogen functional groups attached to an aromatic ring is 1. The molecule has 3 aromatic rings. The van der Waals surface area contributed by atoms with Gasteiger partial charge in [-0.2, -0.15) is 0 Å². The molecule has 5 heteroatoms. The highest BCUT2D eigenvalue weighted by atomic mass is 127. The first-order chi connectivity index (χ1) is 9.65. The van der Waals surface area contributed by atoms with Crippen molar-refractivity contribution in [3.63, 3.8) is 0 Å². The van der Waals surface area contributed by atoms with Gasteiger partial charge in [-0.25, -0.2) is 0 Å². The lowest BCUT2D eigenvalue weighted by molar-refractivity contribution is 0.436. The van der Waals surface area contributed by atoms with E-state index in [2.05, 4.69) is 27.7 Å². The first-order valence-corrected chi connectivity index (χ1v) is 7.38. The highest BCUT2D eigenvalue weighted by Crippen LogP contribution is 2.37. The van der Waals surface area contributed by atoms with Crippen molar-refractivity contribution in [2.75, 3.05) is 5.73 Å². The van der Waals surface area contributed by atoms with E-state index >= 15 is 0 Å².